The molecule has 3 heterocycles. The number of hydrogen-bond donors (Lipinski definition) is 1. The molecule has 2 aromatic carbocycles. The third-order valence-corrected chi connectivity index (χ3v) is 6.67. The molecule has 0 unspecified atom stereocenters. The molecular formula is C28H26FN5O. The predicted octanol–water partition coefficient (Wildman–Crippen LogP) is 5.12. The molecule has 0 saturated heterocycles. The van der Waals surface area contributed by atoms with E-state index in [1.807, 2.05) is 18.2 Å². The number of nitrogens with one attached hydrogen (secondary N) is 1. The van der Waals surface area contributed by atoms with Gasteiger partial charge < -0.3 is 5.32 Å². The highest BCUT2D eigenvalue weighted by atomic mass is 19.1. The van der Waals surface area contributed by atoms with Gasteiger partial charge in [-0.3, -0.25) is 14.4 Å². The highest BCUT2D eigenvalue weighted by molar-refractivity contribution is 5.94. The van der Waals surface area contributed by atoms with E-state index in [9.17, 15) is 9.18 Å². The maximum Gasteiger partial charge on any atom is 0.228 e. The first-order valence-electron chi connectivity index (χ1n) is 12.0. The van der Waals surface area contributed by atoms with Gasteiger partial charge in [-0.2, -0.15) is 5.10 Å². The second kappa shape index (κ2) is 9.07. The topological polar surface area (TPSA) is 63.1 Å². The van der Waals surface area contributed by atoms with Crippen molar-refractivity contribution in [3.05, 3.63) is 90.0 Å². The van der Waals surface area contributed by atoms with Crippen molar-refractivity contribution in [1.82, 2.24) is 19.7 Å². The number of pyridine rings is 1. The lowest BCUT2D eigenvalue weighted by molar-refractivity contribution is -0.117. The molecule has 7 heteroatoms. The minimum absolute atomic E-state index is 0.0273. The maximum atomic E-state index is 13.7. The van der Waals surface area contributed by atoms with Crippen molar-refractivity contribution in [2.24, 2.45) is 5.92 Å². The van der Waals surface area contributed by atoms with E-state index in [1.54, 1.807) is 18.3 Å². The second-order valence-electron chi connectivity index (χ2n) is 9.29. The number of aromatic nitrogens is 3. The first-order valence-corrected chi connectivity index (χ1v) is 12.0. The number of amides is 1. The molecule has 0 radical (unpaired) electrons. The van der Waals surface area contributed by atoms with Gasteiger partial charge in [0.15, 0.2) is 0 Å². The largest absolute Gasteiger partial charge is 0.310 e. The smallest absolute Gasteiger partial charge is 0.228 e. The predicted molar refractivity (Wildman–Crippen MR) is 133 cm³/mol. The number of carbonyl (C=O) groups excluding carboxylic acids is 1. The molecule has 1 amide bonds. The van der Waals surface area contributed by atoms with Crippen LogP contribution in [0.4, 0.5) is 10.2 Å². The molecule has 35 heavy (non-hydrogen) atoms. The van der Waals surface area contributed by atoms with Crippen molar-refractivity contribution in [3.8, 4) is 22.4 Å². The Morgan fingerprint density at radius 1 is 1.00 bits per heavy atom. The van der Waals surface area contributed by atoms with Gasteiger partial charge in [0.05, 0.1) is 12.2 Å². The Balaban J connectivity index is 1.39. The minimum atomic E-state index is -0.276. The van der Waals surface area contributed by atoms with Crippen LogP contribution in [0.5, 0.6) is 0 Å². The van der Waals surface area contributed by atoms with Crippen LogP contribution in [-0.4, -0.2) is 32.1 Å². The molecule has 1 N–H and O–H groups in total. The zero-order valence-electron chi connectivity index (χ0n) is 19.3. The molecule has 6 rings (SSSR count). The fourth-order valence-corrected chi connectivity index (χ4v) is 4.69. The molecule has 1 fully saturated rings. The molecule has 1 aliphatic carbocycles. The molecule has 176 valence electrons. The normalized spacial score (nSPS) is 15.6. The lowest BCUT2D eigenvalue weighted by Crippen LogP contribution is -2.33. The number of nitrogens with zero attached hydrogens (tertiary/aromatic N) is 4. The summed E-state index contributed by atoms with van der Waals surface area (Å²) in [6, 6.07) is 20.8. The SMILES string of the molecule is O=C(Nc1cc(-c2c(-c3ccc(F)cc3)nn3c2CN(Cc2ccccc2)CC3)ccn1)C1CC1. The average Bonchev–Trinajstić information content (AvgIpc) is 3.66. The second-order valence-corrected chi connectivity index (χ2v) is 9.29. The van der Waals surface area contributed by atoms with Crippen LogP contribution in [0, 0.1) is 11.7 Å². The van der Waals surface area contributed by atoms with Gasteiger partial charge in [0.1, 0.15) is 17.3 Å². The summed E-state index contributed by atoms with van der Waals surface area (Å²) < 4.78 is 15.7. The van der Waals surface area contributed by atoms with Crippen molar-refractivity contribution in [1.29, 1.82) is 0 Å². The van der Waals surface area contributed by atoms with Gasteiger partial charge >= 0.3 is 0 Å². The van der Waals surface area contributed by atoms with Crippen LogP contribution in [0.25, 0.3) is 22.4 Å². The van der Waals surface area contributed by atoms with Crippen LogP contribution in [0.15, 0.2) is 72.9 Å². The summed E-state index contributed by atoms with van der Waals surface area (Å²) in [5, 5.41) is 7.91. The van der Waals surface area contributed by atoms with E-state index in [2.05, 4.69) is 44.1 Å². The van der Waals surface area contributed by atoms with E-state index in [1.165, 1.54) is 17.7 Å². The molecule has 1 saturated carbocycles. The van der Waals surface area contributed by atoms with Crippen LogP contribution >= 0.6 is 0 Å². The summed E-state index contributed by atoms with van der Waals surface area (Å²) in [4.78, 5) is 19.1. The Hall–Kier alpha value is -3.84. The standard InChI is InChI=1S/C28H26FN5O/c29-23-10-8-20(9-11-23)27-26(22-12-13-30-25(16-22)31-28(35)21-6-7-21)24-18-33(14-15-34(24)32-27)17-19-4-2-1-3-5-19/h1-5,8-13,16,21H,6-7,14-15,17-18H2,(H,30,31,35). The molecule has 2 aliphatic rings. The first kappa shape index (κ1) is 21.7. The van der Waals surface area contributed by atoms with Crippen molar-refractivity contribution >= 4 is 11.7 Å². The fourth-order valence-electron chi connectivity index (χ4n) is 4.69. The van der Waals surface area contributed by atoms with Crippen molar-refractivity contribution in [2.45, 2.75) is 32.5 Å². The molecular weight excluding hydrogens is 441 g/mol. The zero-order valence-corrected chi connectivity index (χ0v) is 19.3. The number of anilines is 1. The molecule has 0 spiro atoms. The van der Waals surface area contributed by atoms with Crippen LogP contribution < -0.4 is 5.32 Å². The zero-order chi connectivity index (χ0) is 23.8. The first-order chi connectivity index (χ1) is 17.1. The van der Waals surface area contributed by atoms with Crippen molar-refractivity contribution in [3.63, 3.8) is 0 Å². The van der Waals surface area contributed by atoms with Gasteiger partial charge in [0.25, 0.3) is 0 Å². The van der Waals surface area contributed by atoms with Crippen molar-refractivity contribution < 1.29 is 9.18 Å². The lowest BCUT2D eigenvalue weighted by Gasteiger charge is -2.28. The third-order valence-electron chi connectivity index (χ3n) is 6.67. The van der Waals surface area contributed by atoms with E-state index in [0.717, 1.165) is 67.1 Å². The van der Waals surface area contributed by atoms with E-state index in [4.69, 9.17) is 5.10 Å². The molecule has 0 atom stereocenters. The average molecular weight is 468 g/mol. The summed E-state index contributed by atoms with van der Waals surface area (Å²) in [5.41, 5.74) is 5.99. The fraction of sp³-hybridized carbons (Fsp3) is 0.250. The number of carbonyl (C=O) groups is 1. The number of halogens is 1. The van der Waals surface area contributed by atoms with Crippen molar-refractivity contribution in [2.75, 3.05) is 11.9 Å². The monoisotopic (exact) mass is 467 g/mol. The van der Waals surface area contributed by atoms with E-state index in [0.29, 0.717) is 5.82 Å². The van der Waals surface area contributed by atoms with Gasteiger partial charge in [0.2, 0.25) is 5.91 Å². The van der Waals surface area contributed by atoms with E-state index >= 15 is 0 Å². The highest BCUT2D eigenvalue weighted by Gasteiger charge is 2.30. The number of benzene rings is 2. The maximum absolute atomic E-state index is 13.7. The third kappa shape index (κ3) is 4.59. The molecule has 0 bridgehead atoms. The Bertz CT molecular complexity index is 1360. The number of fused-ring (bicyclic) bond motifs is 1. The Morgan fingerprint density at radius 2 is 1.80 bits per heavy atom. The van der Waals surface area contributed by atoms with Gasteiger partial charge in [-0.1, -0.05) is 30.3 Å². The Kier molecular flexibility index (Phi) is 5.62. The number of hydrogen-bond acceptors (Lipinski definition) is 4. The van der Waals surface area contributed by atoms with Crippen LogP contribution in [-0.2, 0) is 24.4 Å². The summed E-state index contributed by atoms with van der Waals surface area (Å²) >= 11 is 0. The van der Waals surface area contributed by atoms with E-state index in [-0.39, 0.29) is 17.6 Å². The summed E-state index contributed by atoms with van der Waals surface area (Å²) in [6.07, 6.45) is 3.60. The van der Waals surface area contributed by atoms with Gasteiger partial charge in [-0.25, -0.2) is 9.37 Å². The highest BCUT2D eigenvalue weighted by Crippen LogP contribution is 2.38. The Labute approximate surface area is 203 Å². The molecule has 2 aromatic heterocycles. The summed E-state index contributed by atoms with van der Waals surface area (Å²) in [7, 11) is 0. The minimum Gasteiger partial charge on any atom is -0.310 e. The van der Waals surface area contributed by atoms with Gasteiger partial charge in [-0.05, 0) is 60.4 Å². The molecule has 6 nitrogen and oxygen atoms in total. The number of rotatable bonds is 6. The summed E-state index contributed by atoms with van der Waals surface area (Å²) in [5.74, 6) is 0.397. The van der Waals surface area contributed by atoms with Crippen LogP contribution in [0.2, 0.25) is 0 Å². The van der Waals surface area contributed by atoms with Gasteiger partial charge in [-0.15, -0.1) is 0 Å². The lowest BCUT2D eigenvalue weighted by atomic mass is 9.98. The summed E-state index contributed by atoms with van der Waals surface area (Å²) in [6.45, 7) is 3.26. The van der Waals surface area contributed by atoms with E-state index < -0.39 is 0 Å². The van der Waals surface area contributed by atoms with Crippen LogP contribution in [0.3, 0.4) is 0 Å². The molecule has 1 aliphatic heterocycles. The molecule has 4 aromatic rings. The Morgan fingerprint density at radius 3 is 2.57 bits per heavy atom. The quantitative estimate of drug-likeness (QED) is 0.428. The van der Waals surface area contributed by atoms with Gasteiger partial charge in [0, 0.05) is 42.9 Å². The van der Waals surface area contributed by atoms with Crippen LogP contribution in [0.1, 0.15) is 24.1 Å².